The Morgan fingerprint density at radius 3 is 1.93 bits per heavy atom. The van der Waals surface area contributed by atoms with Crippen molar-refractivity contribution >= 4 is 56.5 Å². The lowest BCUT2D eigenvalue weighted by molar-refractivity contribution is 0.431. The molecule has 3 rings (SSSR count). The third-order valence-corrected chi connectivity index (χ3v) is 7.36. The van der Waals surface area contributed by atoms with Gasteiger partial charge in [-0.25, -0.2) is 0 Å². The van der Waals surface area contributed by atoms with Crippen LogP contribution in [0.4, 0.5) is 0 Å². The molecule has 3 aromatic carbocycles. The molecule has 1 atom stereocenters. The molecule has 0 heterocycles. The first-order chi connectivity index (χ1) is 13.5. The molecule has 5 nitrogen and oxygen atoms in total. The number of hydrogen-bond donors (Lipinski definition) is 3. The van der Waals surface area contributed by atoms with Gasteiger partial charge in [0, 0.05) is 11.1 Å². The van der Waals surface area contributed by atoms with Gasteiger partial charge in [0.2, 0.25) is 0 Å². The first kappa shape index (κ1) is 22.0. The van der Waals surface area contributed by atoms with Gasteiger partial charge in [-0.3, -0.25) is 4.55 Å². The molecule has 152 valence electrons. The van der Waals surface area contributed by atoms with E-state index in [1.807, 2.05) is 0 Å². The van der Waals surface area contributed by atoms with Crippen molar-refractivity contribution in [3.05, 3.63) is 91.4 Å². The van der Waals surface area contributed by atoms with E-state index in [1.165, 1.54) is 42.5 Å². The number of aromatic hydroxyl groups is 2. The number of phenolic OH excluding ortho intramolecular Hbond substituents is 2. The summed E-state index contributed by atoms with van der Waals surface area (Å²) in [5, 5.41) is 19.5. The zero-order valence-corrected chi connectivity index (χ0v) is 18.1. The lowest BCUT2D eigenvalue weighted by Crippen LogP contribution is -2.38. The van der Waals surface area contributed by atoms with Gasteiger partial charge in [0.1, 0.15) is 10.8 Å². The second-order valence-electron chi connectivity index (χ2n) is 6.04. The Bertz CT molecular complexity index is 1200. The highest BCUT2D eigenvalue weighted by Crippen LogP contribution is 2.54. The fourth-order valence-corrected chi connectivity index (χ4v) is 5.47. The predicted molar refractivity (Wildman–Crippen MR) is 114 cm³/mol. The van der Waals surface area contributed by atoms with Crippen LogP contribution in [0.1, 0.15) is 16.7 Å². The molecule has 0 bridgehead atoms. The summed E-state index contributed by atoms with van der Waals surface area (Å²) in [7, 11) is -5.10. The van der Waals surface area contributed by atoms with Gasteiger partial charge < -0.3 is 10.2 Å². The van der Waals surface area contributed by atoms with Gasteiger partial charge in [-0.15, -0.1) is 0 Å². The molecule has 0 amide bonds. The lowest BCUT2D eigenvalue weighted by atomic mass is 9.83. The summed E-state index contributed by atoms with van der Waals surface area (Å²) in [6, 6.07) is 12.7. The van der Waals surface area contributed by atoms with Gasteiger partial charge in [-0.1, -0.05) is 88.9 Å². The number of benzene rings is 3. The predicted octanol–water partition coefficient (Wildman–Crippen LogP) is 5.89. The Labute approximate surface area is 186 Å². The number of phenols is 2. The molecule has 0 fully saturated rings. The summed E-state index contributed by atoms with van der Waals surface area (Å²) >= 11 is 24.4. The summed E-state index contributed by atoms with van der Waals surface area (Å²) < 4.78 is 34.0. The van der Waals surface area contributed by atoms with Crippen LogP contribution in [0.3, 0.4) is 0 Å². The Balaban J connectivity index is 2.65. The summed E-state index contributed by atoms with van der Waals surface area (Å²) in [5.74, 6) is -1.45. The summed E-state index contributed by atoms with van der Waals surface area (Å²) in [6.07, 6.45) is 0. The minimum Gasteiger partial charge on any atom is -0.506 e. The zero-order chi connectivity index (χ0) is 21.6. The minimum atomic E-state index is -5.10. The zero-order valence-electron chi connectivity index (χ0n) is 14.3. The van der Waals surface area contributed by atoms with Crippen LogP contribution in [0.25, 0.3) is 0 Å². The Morgan fingerprint density at radius 1 is 0.724 bits per heavy atom. The topological polar surface area (TPSA) is 94.8 Å². The monoisotopic (exact) mass is 492 g/mol. The minimum absolute atomic E-state index is 0.0172. The molecule has 0 saturated heterocycles. The van der Waals surface area contributed by atoms with Gasteiger partial charge in [0.15, 0.2) is 10.5 Å². The molecule has 29 heavy (non-hydrogen) atoms. The van der Waals surface area contributed by atoms with Crippen LogP contribution < -0.4 is 0 Å². The van der Waals surface area contributed by atoms with Crippen molar-refractivity contribution in [2.45, 2.75) is 4.75 Å². The van der Waals surface area contributed by atoms with Crippen LogP contribution in [0, 0.1) is 0 Å². The van der Waals surface area contributed by atoms with Crippen molar-refractivity contribution in [1.82, 2.24) is 0 Å². The van der Waals surface area contributed by atoms with Gasteiger partial charge in [-0.2, -0.15) is 8.42 Å². The number of rotatable bonds is 4. The van der Waals surface area contributed by atoms with Crippen LogP contribution in [0.5, 0.6) is 11.5 Å². The standard InChI is InChI=1S/C19H12Cl4O5S/c20-13-8-4-7-11(15(13)22)19(29(26,27)28,10-5-2-1-3-6-10)12-9-14(21)18(25)16(23)17(12)24/h1-9,24-25H,(H,26,27,28). The van der Waals surface area contributed by atoms with E-state index in [4.69, 9.17) is 46.4 Å². The molecule has 0 saturated carbocycles. The van der Waals surface area contributed by atoms with Crippen LogP contribution in [-0.4, -0.2) is 23.2 Å². The molecule has 1 unspecified atom stereocenters. The van der Waals surface area contributed by atoms with Crippen molar-refractivity contribution in [3.8, 4) is 11.5 Å². The molecule has 0 spiro atoms. The van der Waals surface area contributed by atoms with E-state index in [-0.39, 0.29) is 26.2 Å². The molecule has 3 N–H and O–H groups in total. The highest BCUT2D eigenvalue weighted by molar-refractivity contribution is 7.87. The molecular formula is C19H12Cl4O5S. The second kappa shape index (κ2) is 7.87. The molecule has 0 aliphatic heterocycles. The number of halogens is 4. The lowest BCUT2D eigenvalue weighted by Gasteiger charge is -2.34. The Kier molecular flexibility index (Phi) is 5.98. The van der Waals surface area contributed by atoms with E-state index in [2.05, 4.69) is 0 Å². The van der Waals surface area contributed by atoms with Crippen LogP contribution in [0.2, 0.25) is 20.1 Å². The molecule has 10 heteroatoms. The first-order valence-electron chi connectivity index (χ1n) is 7.91. The van der Waals surface area contributed by atoms with Crippen LogP contribution >= 0.6 is 46.4 Å². The van der Waals surface area contributed by atoms with E-state index >= 15 is 0 Å². The molecule has 0 aliphatic rings. The van der Waals surface area contributed by atoms with Crippen molar-refractivity contribution in [3.63, 3.8) is 0 Å². The molecule has 0 radical (unpaired) electrons. The van der Waals surface area contributed by atoms with Gasteiger partial charge in [0.05, 0.1) is 15.1 Å². The maximum Gasteiger partial charge on any atom is 0.283 e. The fraction of sp³-hybridized carbons (Fsp3) is 0.0526. The van der Waals surface area contributed by atoms with Crippen molar-refractivity contribution in [2.24, 2.45) is 0 Å². The highest BCUT2D eigenvalue weighted by atomic mass is 35.5. The van der Waals surface area contributed by atoms with Gasteiger partial charge in [0.25, 0.3) is 10.1 Å². The van der Waals surface area contributed by atoms with Crippen molar-refractivity contribution in [2.75, 3.05) is 0 Å². The molecule has 3 aromatic rings. The third-order valence-electron chi connectivity index (χ3n) is 4.45. The number of hydrogen-bond acceptors (Lipinski definition) is 4. The van der Waals surface area contributed by atoms with E-state index in [1.54, 1.807) is 6.07 Å². The molecular weight excluding hydrogens is 482 g/mol. The fourth-order valence-electron chi connectivity index (χ4n) is 3.20. The van der Waals surface area contributed by atoms with E-state index < -0.39 is 37.0 Å². The highest BCUT2D eigenvalue weighted by Gasteiger charge is 2.52. The van der Waals surface area contributed by atoms with E-state index in [9.17, 15) is 23.2 Å². The Hall–Kier alpha value is -1.67. The summed E-state index contributed by atoms with van der Waals surface area (Å²) in [5.41, 5.74) is -0.531. The smallest absolute Gasteiger partial charge is 0.283 e. The maximum atomic E-state index is 13.0. The SMILES string of the molecule is O=S(=O)(O)C(c1ccccc1)(c1cc(Cl)c(O)c(Cl)c1O)c1cccc(Cl)c1Cl. The van der Waals surface area contributed by atoms with Crippen molar-refractivity contribution in [1.29, 1.82) is 0 Å². The largest absolute Gasteiger partial charge is 0.506 e. The summed E-state index contributed by atoms with van der Waals surface area (Å²) in [6.45, 7) is 0. The maximum absolute atomic E-state index is 13.0. The van der Waals surface area contributed by atoms with Crippen LogP contribution in [-0.2, 0) is 14.9 Å². The van der Waals surface area contributed by atoms with Crippen molar-refractivity contribution < 1.29 is 23.2 Å². The second-order valence-corrected chi connectivity index (χ2v) is 9.17. The molecule has 0 aromatic heterocycles. The van der Waals surface area contributed by atoms with Crippen LogP contribution in [0.15, 0.2) is 54.6 Å². The van der Waals surface area contributed by atoms with E-state index in [0.29, 0.717) is 0 Å². The average Bonchev–Trinajstić information content (AvgIpc) is 2.67. The molecule has 0 aliphatic carbocycles. The summed E-state index contributed by atoms with van der Waals surface area (Å²) in [4.78, 5) is 0. The third kappa shape index (κ3) is 3.44. The quantitative estimate of drug-likeness (QED) is 0.311. The normalized spacial score (nSPS) is 13.8. The Morgan fingerprint density at radius 2 is 1.34 bits per heavy atom. The average molecular weight is 494 g/mol. The van der Waals surface area contributed by atoms with Gasteiger partial charge >= 0.3 is 0 Å². The first-order valence-corrected chi connectivity index (χ1v) is 10.9. The van der Waals surface area contributed by atoms with E-state index in [0.717, 1.165) is 6.07 Å². The van der Waals surface area contributed by atoms with Gasteiger partial charge in [-0.05, 0) is 17.7 Å².